The average Bonchev–Trinajstić information content (AvgIpc) is 2.87. The fourth-order valence-corrected chi connectivity index (χ4v) is 2.53. The van der Waals surface area contributed by atoms with Gasteiger partial charge >= 0.3 is 5.97 Å². The molecule has 0 radical (unpaired) electrons. The van der Waals surface area contributed by atoms with Crippen molar-refractivity contribution in [2.45, 2.75) is 46.0 Å². The van der Waals surface area contributed by atoms with Crippen LogP contribution in [0.3, 0.4) is 0 Å². The molecule has 1 aliphatic rings. The van der Waals surface area contributed by atoms with E-state index in [1.54, 1.807) is 0 Å². The quantitative estimate of drug-likeness (QED) is 0.484. The molecule has 1 rings (SSSR count). The van der Waals surface area contributed by atoms with Gasteiger partial charge in [0.15, 0.2) is 0 Å². The molecular weight excluding hydrogens is 266 g/mol. The van der Waals surface area contributed by atoms with Gasteiger partial charge in [0.2, 0.25) is 5.91 Å². The maximum absolute atomic E-state index is 12.0. The van der Waals surface area contributed by atoms with Crippen LogP contribution in [-0.4, -0.2) is 29.9 Å². The van der Waals surface area contributed by atoms with Crippen LogP contribution < -0.4 is 0 Å². The zero-order chi connectivity index (χ0) is 15.8. The van der Waals surface area contributed by atoms with Crippen LogP contribution in [0.2, 0.25) is 0 Å². The zero-order valence-electron chi connectivity index (χ0n) is 13.3. The number of carbonyl (C=O) groups excluding carboxylic acids is 2. The summed E-state index contributed by atoms with van der Waals surface area (Å²) in [5.41, 5.74) is 0.273. The first-order valence-corrected chi connectivity index (χ1v) is 7.84. The van der Waals surface area contributed by atoms with Crippen LogP contribution in [0.4, 0.5) is 0 Å². The molecule has 2 unspecified atom stereocenters. The average molecular weight is 293 g/mol. The van der Waals surface area contributed by atoms with Crippen molar-refractivity contribution in [1.82, 2.24) is 4.90 Å². The van der Waals surface area contributed by atoms with Crippen molar-refractivity contribution in [3.8, 4) is 0 Å². The Bertz CT molecular complexity index is 403. The summed E-state index contributed by atoms with van der Waals surface area (Å²) in [6.45, 7) is 12.6. The Hall–Kier alpha value is -1.58. The van der Waals surface area contributed by atoms with Crippen molar-refractivity contribution in [3.63, 3.8) is 0 Å². The number of carbonyl (C=O) groups is 2. The van der Waals surface area contributed by atoms with Gasteiger partial charge in [-0.3, -0.25) is 4.79 Å². The monoisotopic (exact) mass is 293 g/mol. The van der Waals surface area contributed by atoms with E-state index in [9.17, 15) is 9.59 Å². The summed E-state index contributed by atoms with van der Waals surface area (Å²) in [7, 11) is 0. The molecule has 118 valence electrons. The third-order valence-electron chi connectivity index (χ3n) is 4.14. The van der Waals surface area contributed by atoms with E-state index in [0.29, 0.717) is 25.5 Å². The number of esters is 1. The number of rotatable bonds is 9. The van der Waals surface area contributed by atoms with Gasteiger partial charge in [0.05, 0.1) is 12.5 Å². The maximum Gasteiger partial charge on any atom is 0.334 e. The topological polar surface area (TPSA) is 46.6 Å². The summed E-state index contributed by atoms with van der Waals surface area (Å²) in [5, 5.41) is 0. The van der Waals surface area contributed by atoms with Crippen LogP contribution in [0.1, 0.15) is 46.0 Å². The number of hydrogen-bond donors (Lipinski definition) is 0. The molecule has 0 aliphatic carbocycles. The van der Waals surface area contributed by atoms with Gasteiger partial charge in [0, 0.05) is 12.1 Å². The summed E-state index contributed by atoms with van der Waals surface area (Å²) >= 11 is 0. The van der Waals surface area contributed by atoms with E-state index < -0.39 is 11.9 Å². The normalized spacial score (nSPS) is 19.4. The van der Waals surface area contributed by atoms with Crippen molar-refractivity contribution >= 4 is 11.9 Å². The first kappa shape index (κ1) is 17.5. The summed E-state index contributed by atoms with van der Waals surface area (Å²) in [6, 6.07) is 0. The van der Waals surface area contributed by atoms with Crippen molar-refractivity contribution in [3.05, 3.63) is 24.9 Å². The molecule has 0 saturated carbocycles. The molecular formula is C17H27NO3. The Labute approximate surface area is 127 Å². The number of unbranched alkanes of at least 4 members (excludes halogenated alkanes) is 1. The highest BCUT2D eigenvalue weighted by molar-refractivity contribution is 5.97. The van der Waals surface area contributed by atoms with Crippen LogP contribution >= 0.6 is 0 Å². The van der Waals surface area contributed by atoms with Crippen molar-refractivity contribution in [2.24, 2.45) is 11.8 Å². The Balaban J connectivity index is 2.46. The fourth-order valence-electron chi connectivity index (χ4n) is 2.53. The molecule has 2 atom stereocenters. The van der Waals surface area contributed by atoms with Gasteiger partial charge in [-0.25, -0.2) is 4.79 Å². The first-order valence-electron chi connectivity index (χ1n) is 7.84. The number of hydrogen-bond acceptors (Lipinski definition) is 3. The molecule has 4 nitrogen and oxygen atoms in total. The highest BCUT2D eigenvalue weighted by Crippen LogP contribution is 2.25. The molecule has 1 fully saturated rings. The molecule has 1 amide bonds. The maximum atomic E-state index is 12.0. The summed E-state index contributed by atoms with van der Waals surface area (Å²) < 4.78 is 5.35. The van der Waals surface area contributed by atoms with E-state index in [-0.39, 0.29) is 11.5 Å². The SMILES string of the molecule is C=CN1CCC(C(=C)C(=O)OCC(CC)CCCC)C1=O. The van der Waals surface area contributed by atoms with Crippen LogP contribution in [0.25, 0.3) is 0 Å². The van der Waals surface area contributed by atoms with Crippen molar-refractivity contribution in [2.75, 3.05) is 13.2 Å². The van der Waals surface area contributed by atoms with Crippen LogP contribution in [0.5, 0.6) is 0 Å². The fraction of sp³-hybridized carbons (Fsp3) is 0.647. The lowest BCUT2D eigenvalue weighted by atomic mass is 9.98. The van der Waals surface area contributed by atoms with E-state index in [4.69, 9.17) is 4.74 Å². The molecule has 4 heteroatoms. The lowest BCUT2D eigenvalue weighted by Gasteiger charge is -2.17. The summed E-state index contributed by atoms with van der Waals surface area (Å²) in [5.74, 6) is -0.601. The lowest BCUT2D eigenvalue weighted by molar-refractivity contribution is -0.142. The standard InChI is InChI=1S/C17H27NO3/c1-5-8-9-14(6-2)12-21-17(20)13(4)15-10-11-18(7-3)16(15)19/h7,14-15H,3-6,8-12H2,1-2H3. The van der Waals surface area contributed by atoms with Crippen LogP contribution in [0.15, 0.2) is 24.9 Å². The van der Waals surface area contributed by atoms with E-state index in [0.717, 1.165) is 25.7 Å². The molecule has 21 heavy (non-hydrogen) atoms. The third kappa shape index (κ3) is 4.73. The van der Waals surface area contributed by atoms with Crippen LogP contribution in [0, 0.1) is 11.8 Å². The number of ether oxygens (including phenoxy) is 1. The smallest absolute Gasteiger partial charge is 0.334 e. The Morgan fingerprint density at radius 2 is 2.24 bits per heavy atom. The second-order valence-corrected chi connectivity index (χ2v) is 5.60. The number of likely N-dealkylation sites (tertiary alicyclic amines) is 1. The minimum atomic E-state index is -0.453. The molecule has 0 aromatic carbocycles. The Kier molecular flexibility index (Phi) is 7.20. The van der Waals surface area contributed by atoms with Gasteiger partial charge < -0.3 is 9.64 Å². The third-order valence-corrected chi connectivity index (χ3v) is 4.14. The van der Waals surface area contributed by atoms with E-state index in [1.807, 2.05) is 0 Å². The van der Waals surface area contributed by atoms with Gasteiger partial charge in [-0.05, 0) is 25.0 Å². The second-order valence-electron chi connectivity index (χ2n) is 5.60. The Morgan fingerprint density at radius 3 is 2.76 bits per heavy atom. The molecule has 0 spiro atoms. The van der Waals surface area contributed by atoms with Gasteiger partial charge in [0.1, 0.15) is 0 Å². The van der Waals surface area contributed by atoms with E-state index in [2.05, 4.69) is 27.0 Å². The van der Waals surface area contributed by atoms with E-state index >= 15 is 0 Å². The van der Waals surface area contributed by atoms with Crippen molar-refractivity contribution < 1.29 is 14.3 Å². The van der Waals surface area contributed by atoms with Gasteiger partial charge in [0.25, 0.3) is 0 Å². The summed E-state index contributed by atoms with van der Waals surface area (Å²) in [6.07, 6.45) is 6.45. The minimum absolute atomic E-state index is 0.107. The molecule has 1 aliphatic heterocycles. The first-order chi connectivity index (χ1) is 10.0. The summed E-state index contributed by atoms with van der Waals surface area (Å²) in [4.78, 5) is 25.6. The van der Waals surface area contributed by atoms with Crippen molar-refractivity contribution in [1.29, 1.82) is 0 Å². The molecule has 0 aromatic heterocycles. The van der Waals surface area contributed by atoms with Gasteiger partial charge in [-0.2, -0.15) is 0 Å². The van der Waals surface area contributed by atoms with Gasteiger partial charge in [-0.15, -0.1) is 0 Å². The molecule has 1 heterocycles. The minimum Gasteiger partial charge on any atom is -0.462 e. The molecule has 0 aromatic rings. The molecule has 0 bridgehead atoms. The predicted molar refractivity (Wildman–Crippen MR) is 83.4 cm³/mol. The number of amides is 1. The molecule has 1 saturated heterocycles. The largest absolute Gasteiger partial charge is 0.462 e. The predicted octanol–water partition coefficient (Wildman–Crippen LogP) is 3.29. The number of nitrogens with zero attached hydrogens (tertiary/aromatic N) is 1. The highest BCUT2D eigenvalue weighted by Gasteiger charge is 2.35. The van der Waals surface area contributed by atoms with Gasteiger partial charge in [-0.1, -0.05) is 46.3 Å². The second kappa shape index (κ2) is 8.65. The zero-order valence-corrected chi connectivity index (χ0v) is 13.3. The molecule has 0 N–H and O–H groups in total. The van der Waals surface area contributed by atoms with E-state index in [1.165, 1.54) is 11.1 Å². The highest BCUT2D eigenvalue weighted by atomic mass is 16.5. The van der Waals surface area contributed by atoms with Crippen LogP contribution in [-0.2, 0) is 14.3 Å². The Morgan fingerprint density at radius 1 is 1.52 bits per heavy atom. The lowest BCUT2D eigenvalue weighted by Crippen LogP contribution is -2.26.